The highest BCUT2D eigenvalue weighted by molar-refractivity contribution is 4.95. The topological polar surface area (TPSA) is 12.0 Å². The molecule has 4 unspecified atom stereocenters. The summed E-state index contributed by atoms with van der Waals surface area (Å²) < 4.78 is 38.2. The van der Waals surface area contributed by atoms with Crippen LogP contribution in [0.3, 0.4) is 0 Å². The summed E-state index contributed by atoms with van der Waals surface area (Å²) >= 11 is 0. The molecule has 0 aromatic heterocycles. The Morgan fingerprint density at radius 2 is 1.67 bits per heavy atom. The van der Waals surface area contributed by atoms with Gasteiger partial charge in [-0.15, -0.1) is 0 Å². The van der Waals surface area contributed by atoms with E-state index < -0.39 is 12.1 Å². The summed E-state index contributed by atoms with van der Waals surface area (Å²) in [7, 11) is 0. The fourth-order valence-electron chi connectivity index (χ4n) is 2.55. The van der Waals surface area contributed by atoms with E-state index in [1.807, 2.05) is 0 Å². The molecule has 2 aliphatic rings. The number of alkyl halides is 3. The second kappa shape index (κ2) is 3.96. The highest BCUT2D eigenvalue weighted by Gasteiger charge is 2.47. The van der Waals surface area contributed by atoms with E-state index in [2.05, 4.69) is 12.2 Å². The van der Waals surface area contributed by atoms with E-state index >= 15 is 0 Å². The van der Waals surface area contributed by atoms with Crippen molar-refractivity contribution in [3.63, 3.8) is 0 Å². The molecule has 1 N–H and O–H groups in total. The molecule has 15 heavy (non-hydrogen) atoms. The first kappa shape index (κ1) is 11.2. The number of nitrogens with one attached hydrogen (secondary N) is 1. The number of rotatable bonds is 2. The largest absolute Gasteiger partial charge is 0.393 e. The second-order valence-corrected chi connectivity index (χ2v) is 5.03. The number of hydrogen-bond acceptors (Lipinski definition) is 1. The minimum Gasteiger partial charge on any atom is -0.310 e. The third-order valence-electron chi connectivity index (χ3n) is 3.72. The maximum Gasteiger partial charge on any atom is 0.393 e. The fourth-order valence-corrected chi connectivity index (χ4v) is 2.55. The molecule has 88 valence electrons. The molecule has 0 aromatic rings. The minimum absolute atomic E-state index is 0.308. The molecule has 2 rings (SSSR count). The molecular weight excluding hydrogens is 203 g/mol. The Morgan fingerprint density at radius 3 is 2.20 bits per heavy atom. The SMILES string of the molecule is CC1CC1NC1CCCCC1C(F)(F)F. The maximum atomic E-state index is 12.7. The van der Waals surface area contributed by atoms with E-state index in [-0.39, 0.29) is 6.04 Å². The van der Waals surface area contributed by atoms with Gasteiger partial charge in [-0.1, -0.05) is 19.8 Å². The molecule has 0 radical (unpaired) electrons. The van der Waals surface area contributed by atoms with Gasteiger partial charge in [-0.3, -0.25) is 0 Å². The average molecular weight is 221 g/mol. The summed E-state index contributed by atoms with van der Waals surface area (Å²) in [6.07, 6.45) is -0.319. The zero-order valence-corrected chi connectivity index (χ0v) is 8.98. The summed E-state index contributed by atoms with van der Waals surface area (Å²) in [5.74, 6) is -0.542. The van der Waals surface area contributed by atoms with Crippen LogP contribution in [-0.2, 0) is 0 Å². The first-order valence-electron chi connectivity index (χ1n) is 5.81. The molecule has 2 saturated carbocycles. The molecule has 2 fully saturated rings. The van der Waals surface area contributed by atoms with Crippen LogP contribution in [0, 0.1) is 11.8 Å². The van der Waals surface area contributed by atoms with Crippen molar-refractivity contribution in [2.24, 2.45) is 11.8 Å². The molecule has 0 aliphatic heterocycles. The molecule has 0 aromatic carbocycles. The summed E-state index contributed by atoms with van der Waals surface area (Å²) in [6, 6.07) is 0.0200. The van der Waals surface area contributed by atoms with Crippen LogP contribution in [0.1, 0.15) is 39.0 Å². The van der Waals surface area contributed by atoms with E-state index in [9.17, 15) is 13.2 Å². The molecule has 0 spiro atoms. The summed E-state index contributed by atoms with van der Waals surface area (Å²) in [6.45, 7) is 2.09. The van der Waals surface area contributed by atoms with Crippen LogP contribution in [0.25, 0.3) is 0 Å². The monoisotopic (exact) mass is 221 g/mol. The fraction of sp³-hybridized carbons (Fsp3) is 1.00. The van der Waals surface area contributed by atoms with Crippen molar-refractivity contribution in [2.75, 3.05) is 0 Å². The van der Waals surface area contributed by atoms with Crippen LogP contribution in [0.15, 0.2) is 0 Å². The van der Waals surface area contributed by atoms with Crippen LogP contribution in [0.2, 0.25) is 0 Å². The van der Waals surface area contributed by atoms with Crippen LogP contribution < -0.4 is 5.32 Å². The smallest absolute Gasteiger partial charge is 0.310 e. The maximum absolute atomic E-state index is 12.7. The van der Waals surface area contributed by atoms with Gasteiger partial charge in [0.25, 0.3) is 0 Å². The van der Waals surface area contributed by atoms with Gasteiger partial charge >= 0.3 is 6.18 Å². The molecule has 4 heteroatoms. The van der Waals surface area contributed by atoms with Crippen molar-refractivity contribution in [1.82, 2.24) is 5.32 Å². The molecule has 0 heterocycles. The van der Waals surface area contributed by atoms with E-state index in [4.69, 9.17) is 0 Å². The summed E-state index contributed by atoms with van der Waals surface area (Å²) in [5.41, 5.74) is 0. The molecule has 1 nitrogen and oxygen atoms in total. The van der Waals surface area contributed by atoms with Gasteiger partial charge in [0.1, 0.15) is 0 Å². The third kappa shape index (κ3) is 2.65. The Kier molecular flexibility index (Phi) is 2.97. The predicted octanol–water partition coefficient (Wildman–Crippen LogP) is 3.11. The van der Waals surface area contributed by atoms with Crippen molar-refractivity contribution in [3.05, 3.63) is 0 Å². The van der Waals surface area contributed by atoms with Gasteiger partial charge in [-0.25, -0.2) is 0 Å². The Labute approximate surface area is 88.4 Å². The second-order valence-electron chi connectivity index (χ2n) is 5.03. The highest BCUT2D eigenvalue weighted by Crippen LogP contribution is 2.40. The van der Waals surface area contributed by atoms with Crippen LogP contribution in [-0.4, -0.2) is 18.3 Å². The third-order valence-corrected chi connectivity index (χ3v) is 3.72. The molecule has 4 atom stereocenters. The zero-order chi connectivity index (χ0) is 11.1. The van der Waals surface area contributed by atoms with Crippen LogP contribution >= 0.6 is 0 Å². The van der Waals surface area contributed by atoms with Gasteiger partial charge in [-0.05, 0) is 25.2 Å². The molecule has 0 saturated heterocycles. The van der Waals surface area contributed by atoms with E-state index in [1.54, 1.807) is 0 Å². The van der Waals surface area contributed by atoms with Gasteiger partial charge in [0.05, 0.1) is 5.92 Å². The van der Waals surface area contributed by atoms with E-state index in [0.717, 1.165) is 19.3 Å². The minimum atomic E-state index is -4.02. The highest BCUT2D eigenvalue weighted by atomic mass is 19.4. The molecular formula is C11H18F3N. The van der Waals surface area contributed by atoms with Gasteiger partial charge in [-0.2, -0.15) is 13.2 Å². The van der Waals surface area contributed by atoms with Gasteiger partial charge in [0, 0.05) is 12.1 Å². The lowest BCUT2D eigenvalue weighted by Crippen LogP contribution is -2.46. The Hall–Kier alpha value is -0.250. The zero-order valence-electron chi connectivity index (χ0n) is 8.98. The van der Waals surface area contributed by atoms with Gasteiger partial charge < -0.3 is 5.32 Å². The predicted molar refractivity (Wildman–Crippen MR) is 52.5 cm³/mol. The van der Waals surface area contributed by atoms with Crippen molar-refractivity contribution >= 4 is 0 Å². The van der Waals surface area contributed by atoms with E-state index in [0.29, 0.717) is 24.8 Å². The summed E-state index contributed by atoms with van der Waals surface area (Å²) in [5, 5.41) is 3.18. The van der Waals surface area contributed by atoms with Crippen molar-refractivity contribution in [1.29, 1.82) is 0 Å². The molecule has 0 amide bonds. The number of hydrogen-bond donors (Lipinski definition) is 1. The Morgan fingerprint density at radius 1 is 1.07 bits per heavy atom. The lowest BCUT2D eigenvalue weighted by Gasteiger charge is -2.33. The lowest BCUT2D eigenvalue weighted by atomic mass is 9.84. The van der Waals surface area contributed by atoms with Crippen molar-refractivity contribution < 1.29 is 13.2 Å². The van der Waals surface area contributed by atoms with Gasteiger partial charge in [0.2, 0.25) is 0 Å². The quantitative estimate of drug-likeness (QED) is 0.755. The van der Waals surface area contributed by atoms with Crippen LogP contribution in [0.5, 0.6) is 0 Å². The van der Waals surface area contributed by atoms with Crippen molar-refractivity contribution in [2.45, 2.75) is 57.3 Å². The molecule has 0 bridgehead atoms. The van der Waals surface area contributed by atoms with Gasteiger partial charge in [0.15, 0.2) is 0 Å². The first-order chi connectivity index (χ1) is 6.98. The average Bonchev–Trinajstić information content (AvgIpc) is 2.81. The van der Waals surface area contributed by atoms with E-state index in [1.165, 1.54) is 0 Å². The van der Waals surface area contributed by atoms with Crippen molar-refractivity contribution in [3.8, 4) is 0 Å². The Balaban J connectivity index is 1.93. The Bertz CT molecular complexity index is 226. The summed E-state index contributed by atoms with van der Waals surface area (Å²) in [4.78, 5) is 0. The number of halogens is 3. The standard InChI is InChI=1S/C11H18F3N/c1-7-6-10(7)15-9-5-3-2-4-8(9)11(12,13)14/h7-10,15H,2-6H2,1H3. The normalized spacial score (nSPS) is 41.6. The molecule has 2 aliphatic carbocycles. The first-order valence-corrected chi connectivity index (χ1v) is 5.81. The van der Waals surface area contributed by atoms with Crippen LogP contribution in [0.4, 0.5) is 13.2 Å². The lowest BCUT2D eigenvalue weighted by molar-refractivity contribution is -0.189.